The van der Waals surface area contributed by atoms with Gasteiger partial charge in [-0.25, -0.2) is 0 Å². The Hall–Kier alpha value is -2.28. The lowest BCUT2D eigenvalue weighted by Gasteiger charge is -2.42. The molecular formula is C18H19N3O3. The molecule has 4 rings (SSSR count). The van der Waals surface area contributed by atoms with Gasteiger partial charge in [0, 0.05) is 30.6 Å². The minimum atomic E-state index is -0.144. The van der Waals surface area contributed by atoms with Crippen molar-refractivity contribution in [3.8, 4) is 0 Å². The summed E-state index contributed by atoms with van der Waals surface area (Å²) in [6.45, 7) is 1.85. The number of nitrogens with zero attached hydrogens (tertiary/aromatic N) is 2. The van der Waals surface area contributed by atoms with Gasteiger partial charge in [-0.05, 0) is 17.7 Å². The summed E-state index contributed by atoms with van der Waals surface area (Å²) in [5.74, 6) is 0.485. The van der Waals surface area contributed by atoms with Crippen LogP contribution in [0.2, 0.25) is 0 Å². The molecular weight excluding hydrogens is 306 g/mol. The summed E-state index contributed by atoms with van der Waals surface area (Å²) in [7, 11) is 0. The molecule has 0 saturated carbocycles. The quantitative estimate of drug-likeness (QED) is 0.719. The molecule has 0 amide bonds. The second-order valence-electron chi connectivity index (χ2n) is 6.28. The van der Waals surface area contributed by atoms with Crippen molar-refractivity contribution < 1.29 is 14.4 Å². The number of aromatic nitrogens is 2. The summed E-state index contributed by atoms with van der Waals surface area (Å²) < 4.78 is 10.5. The van der Waals surface area contributed by atoms with E-state index < -0.39 is 0 Å². The summed E-state index contributed by atoms with van der Waals surface area (Å²) in [5, 5.41) is 17.8. The van der Waals surface area contributed by atoms with E-state index in [4.69, 9.17) is 14.4 Å². The largest absolute Gasteiger partial charge is 0.388 e. The van der Waals surface area contributed by atoms with Gasteiger partial charge in [-0.3, -0.25) is 4.98 Å². The van der Waals surface area contributed by atoms with Crippen LogP contribution in [0.1, 0.15) is 17.0 Å². The van der Waals surface area contributed by atoms with Crippen LogP contribution in [0.4, 0.5) is 0 Å². The third kappa shape index (κ3) is 3.03. The predicted molar refractivity (Wildman–Crippen MR) is 88.3 cm³/mol. The Morgan fingerprint density at radius 2 is 2.08 bits per heavy atom. The molecule has 0 bridgehead atoms. The van der Waals surface area contributed by atoms with Gasteiger partial charge in [0.05, 0.1) is 30.0 Å². The Morgan fingerprint density at radius 1 is 1.21 bits per heavy atom. The van der Waals surface area contributed by atoms with Gasteiger partial charge in [0.2, 0.25) is 0 Å². The summed E-state index contributed by atoms with van der Waals surface area (Å²) in [6.07, 6.45) is 2.61. The van der Waals surface area contributed by atoms with Gasteiger partial charge >= 0.3 is 0 Å². The molecule has 3 aromatic rings. The number of aliphatic hydroxyl groups is 1. The first-order valence-electron chi connectivity index (χ1n) is 7.98. The molecule has 1 aromatic carbocycles. The maximum atomic E-state index is 9.08. The van der Waals surface area contributed by atoms with Gasteiger partial charge in [-0.1, -0.05) is 23.4 Å². The standard InChI is InChI=1S/C18H19N3O3/c22-10-16-6-15(21-24-16)7-18(11-23-12-18)20-9-13-5-14-3-1-2-4-17(14)19-8-13/h1-6,8,20,22H,7,9-12H2. The highest BCUT2D eigenvalue weighted by Crippen LogP contribution is 2.23. The third-order valence-electron chi connectivity index (χ3n) is 4.35. The lowest BCUT2D eigenvalue weighted by molar-refractivity contribution is -0.0755. The van der Waals surface area contributed by atoms with Crippen molar-refractivity contribution in [3.63, 3.8) is 0 Å². The summed E-state index contributed by atoms with van der Waals surface area (Å²) in [6, 6.07) is 12.0. The Morgan fingerprint density at radius 3 is 2.83 bits per heavy atom. The number of rotatable bonds is 6. The first kappa shape index (κ1) is 15.3. The van der Waals surface area contributed by atoms with E-state index in [1.807, 2.05) is 24.4 Å². The Balaban J connectivity index is 1.45. The molecule has 2 N–H and O–H groups in total. The van der Waals surface area contributed by atoms with Crippen LogP contribution in [-0.4, -0.2) is 34.0 Å². The molecule has 0 unspecified atom stereocenters. The minimum Gasteiger partial charge on any atom is -0.388 e. The number of para-hydroxylation sites is 1. The first-order chi connectivity index (χ1) is 11.8. The third-order valence-corrected chi connectivity index (χ3v) is 4.35. The Labute approximate surface area is 139 Å². The maximum Gasteiger partial charge on any atom is 0.162 e. The highest BCUT2D eigenvalue weighted by atomic mass is 16.5. The molecule has 3 heterocycles. The Kier molecular flexibility index (Phi) is 4.02. The van der Waals surface area contributed by atoms with E-state index in [0.717, 1.165) is 22.2 Å². The SMILES string of the molecule is OCc1cc(CC2(NCc3cnc4ccccc4c3)COC2)no1. The zero-order valence-corrected chi connectivity index (χ0v) is 13.2. The van der Waals surface area contributed by atoms with Crippen LogP contribution < -0.4 is 5.32 Å². The molecule has 6 heteroatoms. The topological polar surface area (TPSA) is 80.4 Å². The van der Waals surface area contributed by atoms with Crippen molar-refractivity contribution in [1.29, 1.82) is 0 Å². The fourth-order valence-corrected chi connectivity index (χ4v) is 2.98. The van der Waals surface area contributed by atoms with E-state index in [0.29, 0.717) is 31.9 Å². The van der Waals surface area contributed by atoms with E-state index in [-0.39, 0.29) is 12.1 Å². The number of ether oxygens (including phenoxy) is 1. The van der Waals surface area contributed by atoms with Crippen molar-refractivity contribution in [2.75, 3.05) is 13.2 Å². The van der Waals surface area contributed by atoms with E-state index in [2.05, 4.69) is 27.6 Å². The number of hydrogen-bond acceptors (Lipinski definition) is 6. The van der Waals surface area contributed by atoms with Gasteiger partial charge in [0.1, 0.15) is 6.61 Å². The number of pyridine rings is 1. The first-order valence-corrected chi connectivity index (χ1v) is 7.98. The molecule has 0 radical (unpaired) electrons. The van der Waals surface area contributed by atoms with Crippen molar-refractivity contribution in [1.82, 2.24) is 15.5 Å². The smallest absolute Gasteiger partial charge is 0.162 e. The fourth-order valence-electron chi connectivity index (χ4n) is 2.98. The monoisotopic (exact) mass is 325 g/mol. The molecule has 0 spiro atoms. The zero-order valence-electron chi connectivity index (χ0n) is 13.2. The molecule has 1 aliphatic heterocycles. The van der Waals surface area contributed by atoms with Crippen molar-refractivity contribution >= 4 is 10.9 Å². The maximum absolute atomic E-state index is 9.08. The van der Waals surface area contributed by atoms with Gasteiger partial charge in [0.15, 0.2) is 5.76 Å². The molecule has 1 saturated heterocycles. The average molecular weight is 325 g/mol. The van der Waals surface area contributed by atoms with Crippen LogP contribution >= 0.6 is 0 Å². The highest BCUT2D eigenvalue weighted by molar-refractivity contribution is 5.78. The predicted octanol–water partition coefficient (Wildman–Crippen LogP) is 1.82. The lowest BCUT2D eigenvalue weighted by atomic mass is 9.91. The van der Waals surface area contributed by atoms with Crippen molar-refractivity contribution in [2.24, 2.45) is 0 Å². The number of fused-ring (bicyclic) bond motifs is 1. The summed E-state index contributed by atoms with van der Waals surface area (Å²) >= 11 is 0. The molecule has 124 valence electrons. The average Bonchev–Trinajstić information content (AvgIpc) is 3.04. The van der Waals surface area contributed by atoms with E-state index in [1.54, 1.807) is 6.07 Å². The van der Waals surface area contributed by atoms with Gasteiger partial charge in [-0.2, -0.15) is 0 Å². The minimum absolute atomic E-state index is 0.132. The van der Waals surface area contributed by atoms with Gasteiger partial charge < -0.3 is 19.7 Å². The van der Waals surface area contributed by atoms with Crippen molar-refractivity contribution in [3.05, 3.63) is 59.6 Å². The Bertz CT molecular complexity index is 842. The molecule has 6 nitrogen and oxygen atoms in total. The number of aliphatic hydroxyl groups excluding tert-OH is 1. The lowest BCUT2D eigenvalue weighted by Crippen LogP contribution is -2.61. The second-order valence-corrected chi connectivity index (χ2v) is 6.28. The zero-order chi connectivity index (χ0) is 16.4. The second kappa shape index (κ2) is 6.32. The number of hydrogen-bond donors (Lipinski definition) is 2. The van der Waals surface area contributed by atoms with E-state index in [1.165, 1.54) is 0 Å². The number of benzene rings is 1. The van der Waals surface area contributed by atoms with Gasteiger partial charge in [0.25, 0.3) is 0 Å². The van der Waals surface area contributed by atoms with Crippen LogP contribution in [0.25, 0.3) is 10.9 Å². The van der Waals surface area contributed by atoms with Gasteiger partial charge in [-0.15, -0.1) is 0 Å². The summed E-state index contributed by atoms with van der Waals surface area (Å²) in [4.78, 5) is 4.50. The molecule has 0 atom stereocenters. The molecule has 1 aliphatic rings. The number of nitrogens with one attached hydrogen (secondary N) is 1. The van der Waals surface area contributed by atoms with Crippen LogP contribution in [0.3, 0.4) is 0 Å². The van der Waals surface area contributed by atoms with Crippen LogP contribution in [-0.2, 0) is 24.3 Å². The molecule has 0 aliphatic carbocycles. The van der Waals surface area contributed by atoms with Crippen molar-refractivity contribution in [2.45, 2.75) is 25.1 Å². The molecule has 1 fully saturated rings. The molecule has 24 heavy (non-hydrogen) atoms. The van der Waals surface area contributed by atoms with Crippen LogP contribution in [0.15, 0.2) is 47.1 Å². The van der Waals surface area contributed by atoms with Crippen LogP contribution in [0.5, 0.6) is 0 Å². The highest BCUT2D eigenvalue weighted by Gasteiger charge is 2.39. The molecule has 2 aromatic heterocycles. The summed E-state index contributed by atoms with van der Waals surface area (Å²) in [5.41, 5.74) is 2.82. The van der Waals surface area contributed by atoms with E-state index >= 15 is 0 Å². The fraction of sp³-hybridized carbons (Fsp3) is 0.333. The normalized spacial score (nSPS) is 16.2. The van der Waals surface area contributed by atoms with Crippen LogP contribution in [0, 0.1) is 0 Å². The van der Waals surface area contributed by atoms with E-state index in [9.17, 15) is 0 Å².